The van der Waals surface area contributed by atoms with Gasteiger partial charge in [-0.25, -0.2) is 0 Å². The summed E-state index contributed by atoms with van der Waals surface area (Å²) in [5.74, 6) is 1.08. The molecule has 0 aliphatic heterocycles. The Morgan fingerprint density at radius 1 is 1.17 bits per heavy atom. The average Bonchev–Trinajstić information content (AvgIpc) is 2.37. The second kappa shape index (κ2) is 6.86. The monoisotopic (exact) mass is 252 g/mol. The first-order valence-electron chi connectivity index (χ1n) is 5.73. The molecule has 100 valence electrons. The van der Waals surface area contributed by atoms with E-state index < -0.39 is 0 Å². The summed E-state index contributed by atoms with van der Waals surface area (Å²) < 4.78 is 10.2. The van der Waals surface area contributed by atoms with Gasteiger partial charge in [0.2, 0.25) is 0 Å². The van der Waals surface area contributed by atoms with Crippen LogP contribution in [-0.4, -0.2) is 52.2 Å². The Morgan fingerprint density at radius 2 is 1.72 bits per heavy atom. The van der Waals surface area contributed by atoms with Crippen molar-refractivity contribution >= 4 is 5.91 Å². The fourth-order valence-corrected chi connectivity index (χ4v) is 1.43. The smallest absolute Gasteiger partial charge is 0.251 e. The number of nitrogens with zero attached hydrogens (tertiary/aromatic N) is 1. The molecule has 0 heterocycles. The molecule has 1 amide bonds. The fourth-order valence-electron chi connectivity index (χ4n) is 1.43. The van der Waals surface area contributed by atoms with Gasteiger partial charge >= 0.3 is 0 Å². The predicted octanol–water partition coefficient (Wildman–Crippen LogP) is 0.995. The summed E-state index contributed by atoms with van der Waals surface area (Å²) in [7, 11) is 7.03. The van der Waals surface area contributed by atoms with Crippen LogP contribution in [-0.2, 0) is 0 Å². The lowest BCUT2D eigenvalue weighted by molar-refractivity contribution is 0.0950. The summed E-state index contributed by atoms with van der Waals surface area (Å²) >= 11 is 0. The van der Waals surface area contributed by atoms with E-state index in [1.807, 2.05) is 19.0 Å². The Labute approximate surface area is 108 Å². The highest BCUT2D eigenvalue weighted by Crippen LogP contribution is 2.22. The zero-order valence-corrected chi connectivity index (χ0v) is 11.3. The molecule has 0 saturated heterocycles. The normalized spacial score (nSPS) is 10.3. The average molecular weight is 252 g/mol. The van der Waals surface area contributed by atoms with Crippen molar-refractivity contribution in [3.05, 3.63) is 23.8 Å². The second-order valence-electron chi connectivity index (χ2n) is 4.16. The van der Waals surface area contributed by atoms with Gasteiger partial charge in [-0.1, -0.05) is 0 Å². The van der Waals surface area contributed by atoms with E-state index in [1.165, 1.54) is 0 Å². The molecule has 0 aliphatic rings. The van der Waals surface area contributed by atoms with Crippen LogP contribution in [0.1, 0.15) is 10.4 Å². The third kappa shape index (κ3) is 4.25. The molecule has 18 heavy (non-hydrogen) atoms. The molecular weight excluding hydrogens is 232 g/mol. The van der Waals surface area contributed by atoms with Gasteiger partial charge in [-0.3, -0.25) is 4.79 Å². The Morgan fingerprint density at radius 3 is 2.17 bits per heavy atom. The van der Waals surface area contributed by atoms with Gasteiger partial charge < -0.3 is 19.7 Å². The Kier molecular flexibility index (Phi) is 5.45. The first kappa shape index (κ1) is 14.3. The van der Waals surface area contributed by atoms with Crippen LogP contribution in [0.2, 0.25) is 0 Å². The molecular formula is C13H20N2O3. The van der Waals surface area contributed by atoms with Gasteiger partial charge in [0.05, 0.1) is 14.2 Å². The summed E-state index contributed by atoms with van der Waals surface area (Å²) in [4.78, 5) is 13.9. The van der Waals surface area contributed by atoms with Gasteiger partial charge in [0.25, 0.3) is 5.91 Å². The number of amides is 1. The van der Waals surface area contributed by atoms with Crippen LogP contribution in [0.4, 0.5) is 0 Å². The molecule has 1 rings (SSSR count). The molecule has 0 aliphatic carbocycles. The lowest BCUT2D eigenvalue weighted by Crippen LogP contribution is -2.31. The molecule has 0 atom stereocenters. The SMILES string of the molecule is COc1cc(OC)cc(C(=O)NCCN(C)C)c1. The third-order valence-corrected chi connectivity index (χ3v) is 2.46. The number of methoxy groups -OCH3 is 2. The fraction of sp³-hybridized carbons (Fsp3) is 0.462. The zero-order chi connectivity index (χ0) is 13.5. The lowest BCUT2D eigenvalue weighted by Gasteiger charge is -2.11. The number of hydrogen-bond acceptors (Lipinski definition) is 4. The highest BCUT2D eigenvalue weighted by Gasteiger charge is 2.09. The van der Waals surface area contributed by atoms with E-state index in [9.17, 15) is 4.79 Å². The number of rotatable bonds is 6. The molecule has 0 spiro atoms. The molecule has 0 fully saturated rings. The number of carbonyl (C=O) groups is 1. The number of ether oxygens (including phenoxy) is 2. The molecule has 1 aromatic carbocycles. The van der Waals surface area contributed by atoms with Crippen LogP contribution in [0.5, 0.6) is 11.5 Å². The summed E-state index contributed by atoms with van der Waals surface area (Å²) in [5.41, 5.74) is 0.532. The van der Waals surface area contributed by atoms with Crippen LogP contribution in [0.3, 0.4) is 0 Å². The number of benzene rings is 1. The third-order valence-electron chi connectivity index (χ3n) is 2.46. The zero-order valence-electron chi connectivity index (χ0n) is 11.3. The van der Waals surface area contributed by atoms with E-state index in [-0.39, 0.29) is 5.91 Å². The van der Waals surface area contributed by atoms with Gasteiger partial charge in [0.1, 0.15) is 11.5 Å². The molecule has 0 radical (unpaired) electrons. The number of hydrogen-bond donors (Lipinski definition) is 1. The molecule has 5 nitrogen and oxygen atoms in total. The highest BCUT2D eigenvalue weighted by molar-refractivity contribution is 5.95. The molecule has 0 saturated carbocycles. The lowest BCUT2D eigenvalue weighted by atomic mass is 10.2. The van der Waals surface area contributed by atoms with Crippen LogP contribution in [0.15, 0.2) is 18.2 Å². The maximum atomic E-state index is 11.9. The van der Waals surface area contributed by atoms with Crippen molar-refractivity contribution in [1.82, 2.24) is 10.2 Å². The number of likely N-dealkylation sites (N-methyl/N-ethyl adjacent to an activating group) is 1. The standard InChI is InChI=1S/C13H20N2O3/c1-15(2)6-5-14-13(16)10-7-11(17-3)9-12(8-10)18-4/h7-9H,5-6H2,1-4H3,(H,14,16). The first-order chi connectivity index (χ1) is 8.56. The Bertz CT molecular complexity index is 383. The van der Waals surface area contributed by atoms with E-state index in [1.54, 1.807) is 32.4 Å². The summed E-state index contributed by atoms with van der Waals surface area (Å²) in [6, 6.07) is 5.11. The Balaban J connectivity index is 2.72. The van der Waals surface area contributed by atoms with Gasteiger partial charge in [-0.05, 0) is 26.2 Å². The summed E-state index contributed by atoms with van der Waals surface area (Å²) in [6.07, 6.45) is 0. The largest absolute Gasteiger partial charge is 0.497 e. The predicted molar refractivity (Wildman–Crippen MR) is 70.4 cm³/mol. The quantitative estimate of drug-likeness (QED) is 0.820. The van der Waals surface area contributed by atoms with Crippen LogP contribution < -0.4 is 14.8 Å². The molecule has 1 aromatic rings. The maximum absolute atomic E-state index is 11.9. The minimum Gasteiger partial charge on any atom is -0.497 e. The molecule has 0 unspecified atom stereocenters. The van der Waals surface area contributed by atoms with Gasteiger partial charge in [-0.15, -0.1) is 0 Å². The van der Waals surface area contributed by atoms with Crippen molar-refractivity contribution in [2.24, 2.45) is 0 Å². The highest BCUT2D eigenvalue weighted by atomic mass is 16.5. The van der Waals surface area contributed by atoms with E-state index in [0.717, 1.165) is 6.54 Å². The topological polar surface area (TPSA) is 50.8 Å². The van der Waals surface area contributed by atoms with Crippen molar-refractivity contribution in [2.45, 2.75) is 0 Å². The van der Waals surface area contributed by atoms with Gasteiger partial charge in [-0.2, -0.15) is 0 Å². The molecule has 5 heteroatoms. The minimum atomic E-state index is -0.131. The molecule has 0 bridgehead atoms. The van der Waals surface area contributed by atoms with E-state index in [2.05, 4.69) is 5.32 Å². The maximum Gasteiger partial charge on any atom is 0.251 e. The van der Waals surface area contributed by atoms with Gasteiger partial charge in [0.15, 0.2) is 0 Å². The summed E-state index contributed by atoms with van der Waals surface area (Å²) in [6.45, 7) is 1.40. The van der Waals surface area contributed by atoms with E-state index in [0.29, 0.717) is 23.6 Å². The molecule has 0 aromatic heterocycles. The van der Waals surface area contributed by atoms with E-state index >= 15 is 0 Å². The minimum absolute atomic E-state index is 0.131. The molecule has 1 N–H and O–H groups in total. The Hall–Kier alpha value is -1.75. The van der Waals surface area contributed by atoms with Crippen LogP contribution in [0.25, 0.3) is 0 Å². The van der Waals surface area contributed by atoms with Gasteiger partial charge in [0, 0.05) is 24.7 Å². The van der Waals surface area contributed by atoms with Crippen molar-refractivity contribution in [3.63, 3.8) is 0 Å². The van der Waals surface area contributed by atoms with Crippen molar-refractivity contribution in [2.75, 3.05) is 41.4 Å². The summed E-state index contributed by atoms with van der Waals surface area (Å²) in [5, 5.41) is 2.84. The van der Waals surface area contributed by atoms with Crippen molar-refractivity contribution < 1.29 is 14.3 Å². The first-order valence-corrected chi connectivity index (χ1v) is 5.73. The van der Waals surface area contributed by atoms with Crippen molar-refractivity contribution in [3.8, 4) is 11.5 Å². The second-order valence-corrected chi connectivity index (χ2v) is 4.16. The van der Waals surface area contributed by atoms with Crippen LogP contribution >= 0.6 is 0 Å². The van der Waals surface area contributed by atoms with Crippen LogP contribution in [0, 0.1) is 0 Å². The van der Waals surface area contributed by atoms with E-state index in [4.69, 9.17) is 9.47 Å². The van der Waals surface area contributed by atoms with Crippen molar-refractivity contribution in [1.29, 1.82) is 0 Å². The number of carbonyl (C=O) groups excluding carboxylic acids is 1. The number of nitrogens with one attached hydrogen (secondary N) is 1.